The first-order chi connectivity index (χ1) is 14.0. The van der Waals surface area contributed by atoms with Gasteiger partial charge in [-0.15, -0.1) is 10.2 Å². The van der Waals surface area contributed by atoms with Crippen molar-refractivity contribution in [3.63, 3.8) is 0 Å². The Balaban J connectivity index is 1.33. The first kappa shape index (κ1) is 18.1. The van der Waals surface area contributed by atoms with Crippen LogP contribution in [0.15, 0.2) is 49.1 Å². The molecule has 2 N–H and O–H groups in total. The van der Waals surface area contributed by atoms with Crippen molar-refractivity contribution in [2.75, 3.05) is 0 Å². The van der Waals surface area contributed by atoms with Crippen LogP contribution >= 0.6 is 0 Å². The molecule has 150 valence electrons. The van der Waals surface area contributed by atoms with Crippen LogP contribution in [0.4, 0.5) is 4.39 Å². The lowest BCUT2D eigenvalue weighted by molar-refractivity contribution is 0.00813. The molecule has 4 atom stereocenters. The molecule has 4 heterocycles. The largest absolute Gasteiger partial charge is 0.507 e. The van der Waals surface area contributed by atoms with Crippen molar-refractivity contribution in [1.82, 2.24) is 25.1 Å². The Morgan fingerprint density at radius 2 is 2.17 bits per heavy atom. The fraction of sp³-hybridized carbons (Fsp3) is 0.381. The van der Waals surface area contributed by atoms with Gasteiger partial charge >= 0.3 is 0 Å². The zero-order valence-electron chi connectivity index (χ0n) is 16.0. The summed E-state index contributed by atoms with van der Waals surface area (Å²) in [5.74, 6) is 0.381. The third-order valence-corrected chi connectivity index (χ3v) is 5.97. The zero-order chi connectivity index (χ0) is 20.0. The number of aromatic hydroxyl groups is 1. The summed E-state index contributed by atoms with van der Waals surface area (Å²) in [7, 11) is 0. The van der Waals surface area contributed by atoms with Gasteiger partial charge in [0, 0.05) is 42.6 Å². The first-order valence-electron chi connectivity index (χ1n) is 9.76. The number of phenols is 1. The number of nitrogens with zero attached hydrogens (tertiary/aromatic N) is 4. The van der Waals surface area contributed by atoms with E-state index in [1.54, 1.807) is 47.6 Å². The van der Waals surface area contributed by atoms with Crippen molar-refractivity contribution < 1.29 is 14.2 Å². The number of imidazole rings is 1. The van der Waals surface area contributed by atoms with Crippen molar-refractivity contribution in [3.8, 4) is 28.6 Å². The number of phenolic OH excluding ortho intramolecular Hbond substituents is 1. The average Bonchev–Trinajstić information content (AvgIpc) is 3.36. The highest BCUT2D eigenvalue weighted by molar-refractivity contribution is 5.68. The van der Waals surface area contributed by atoms with Crippen molar-refractivity contribution >= 4 is 0 Å². The van der Waals surface area contributed by atoms with Crippen molar-refractivity contribution in [1.29, 1.82) is 0 Å². The third-order valence-electron chi connectivity index (χ3n) is 5.97. The van der Waals surface area contributed by atoms with Gasteiger partial charge < -0.3 is 19.7 Å². The predicted octanol–water partition coefficient (Wildman–Crippen LogP) is 3.03. The highest BCUT2D eigenvalue weighted by Gasteiger charge is 2.51. The third kappa shape index (κ3) is 3.23. The first-order valence-corrected chi connectivity index (χ1v) is 9.76. The van der Waals surface area contributed by atoms with E-state index in [9.17, 15) is 9.50 Å². The predicted molar refractivity (Wildman–Crippen MR) is 105 cm³/mol. The second-order valence-electron chi connectivity index (χ2n) is 8.02. The summed E-state index contributed by atoms with van der Waals surface area (Å²) in [4.78, 5) is 4.00. The maximum atomic E-state index is 14.9. The van der Waals surface area contributed by atoms with Crippen LogP contribution in [0.1, 0.15) is 26.2 Å². The minimum absolute atomic E-state index is 0.0887. The number of rotatable bonds is 4. The van der Waals surface area contributed by atoms with Crippen LogP contribution in [0, 0.1) is 0 Å². The van der Waals surface area contributed by atoms with Gasteiger partial charge in [0.25, 0.3) is 0 Å². The summed E-state index contributed by atoms with van der Waals surface area (Å²) in [5.41, 5.74) is 1.34. The quantitative estimate of drug-likeness (QED) is 0.706. The van der Waals surface area contributed by atoms with Crippen molar-refractivity contribution in [2.24, 2.45) is 0 Å². The van der Waals surface area contributed by atoms with E-state index in [2.05, 4.69) is 20.5 Å². The topological polar surface area (TPSA) is 85.1 Å². The molecule has 2 aliphatic heterocycles. The number of ether oxygens (including phenoxy) is 1. The van der Waals surface area contributed by atoms with E-state index < -0.39 is 17.8 Å². The van der Waals surface area contributed by atoms with Crippen LogP contribution in [0.25, 0.3) is 16.9 Å². The SMILES string of the molecule is C[C@@]12CC[C@@H](C[C@H](Oc3ccc(-c4ccc(-n5ccnc5)cc4O)nn3)[C@@H]1F)N2. The smallest absolute Gasteiger partial charge is 0.233 e. The summed E-state index contributed by atoms with van der Waals surface area (Å²) < 4.78 is 22.5. The molecule has 2 saturated heterocycles. The number of aromatic nitrogens is 4. The Bertz CT molecular complexity index is 1010. The molecule has 0 amide bonds. The molecule has 0 saturated carbocycles. The molecule has 0 aliphatic carbocycles. The second kappa shape index (κ2) is 6.81. The minimum atomic E-state index is -1.09. The molecule has 0 spiro atoms. The number of hydrogen-bond donors (Lipinski definition) is 2. The summed E-state index contributed by atoms with van der Waals surface area (Å²) in [5, 5.41) is 22.0. The summed E-state index contributed by atoms with van der Waals surface area (Å²) in [6, 6.07) is 8.96. The molecular formula is C21H22FN5O2. The normalized spacial score (nSPS) is 28.4. The van der Waals surface area contributed by atoms with Crippen LogP contribution in [-0.4, -0.2) is 48.7 Å². The minimum Gasteiger partial charge on any atom is -0.507 e. The molecule has 2 aromatic heterocycles. The highest BCUT2D eigenvalue weighted by atomic mass is 19.1. The maximum absolute atomic E-state index is 14.9. The molecular weight excluding hydrogens is 373 g/mol. The Labute approximate surface area is 167 Å². The Morgan fingerprint density at radius 1 is 1.28 bits per heavy atom. The number of fused-ring (bicyclic) bond motifs is 2. The van der Waals surface area contributed by atoms with Crippen molar-refractivity contribution in [3.05, 3.63) is 49.1 Å². The molecule has 2 fully saturated rings. The van der Waals surface area contributed by atoms with Gasteiger partial charge in [0.15, 0.2) is 6.17 Å². The lowest BCUT2D eigenvalue weighted by atomic mass is 9.88. The van der Waals surface area contributed by atoms with Gasteiger partial charge in [0.05, 0.1) is 23.2 Å². The molecule has 0 unspecified atom stereocenters. The summed E-state index contributed by atoms with van der Waals surface area (Å²) in [6.07, 6.45) is 5.91. The van der Waals surface area contributed by atoms with Gasteiger partial charge in [-0.3, -0.25) is 0 Å². The lowest BCUT2D eigenvalue weighted by Crippen LogP contribution is -2.59. The Kier molecular flexibility index (Phi) is 4.24. The molecule has 29 heavy (non-hydrogen) atoms. The fourth-order valence-electron chi connectivity index (χ4n) is 4.39. The molecule has 1 aromatic carbocycles. The standard InChI is InChI=1S/C21H22FN5O2/c1-21-7-6-13(24-21)10-18(20(21)22)29-19-5-4-16(25-26-19)15-3-2-14(11-17(15)28)27-9-8-23-12-27/h2-5,8-9,11-13,18,20,24,28H,6-7,10H2,1H3/t13-,18-,20-,21+/m0/s1. The van der Waals surface area contributed by atoms with Crippen LogP contribution in [0.2, 0.25) is 0 Å². The van der Waals surface area contributed by atoms with E-state index in [0.29, 0.717) is 23.6 Å². The van der Waals surface area contributed by atoms with E-state index in [1.807, 2.05) is 13.0 Å². The molecule has 0 radical (unpaired) electrons. The van der Waals surface area contributed by atoms with E-state index in [4.69, 9.17) is 4.74 Å². The molecule has 7 nitrogen and oxygen atoms in total. The van der Waals surface area contributed by atoms with E-state index >= 15 is 0 Å². The number of alkyl halides is 1. The second-order valence-corrected chi connectivity index (χ2v) is 8.02. The monoisotopic (exact) mass is 395 g/mol. The van der Waals surface area contributed by atoms with Gasteiger partial charge in [0.1, 0.15) is 11.9 Å². The average molecular weight is 395 g/mol. The van der Waals surface area contributed by atoms with Crippen LogP contribution in [0.5, 0.6) is 11.6 Å². The summed E-state index contributed by atoms with van der Waals surface area (Å²) in [6.45, 7) is 1.91. The van der Waals surface area contributed by atoms with E-state index in [0.717, 1.165) is 18.5 Å². The Hall–Kier alpha value is -3.00. The van der Waals surface area contributed by atoms with Gasteiger partial charge in [-0.25, -0.2) is 9.37 Å². The molecule has 2 bridgehead atoms. The zero-order valence-corrected chi connectivity index (χ0v) is 16.0. The molecule has 5 rings (SSSR count). The number of nitrogens with one attached hydrogen (secondary N) is 1. The Morgan fingerprint density at radius 3 is 2.90 bits per heavy atom. The van der Waals surface area contributed by atoms with Gasteiger partial charge in [-0.1, -0.05) is 0 Å². The van der Waals surface area contributed by atoms with E-state index in [1.165, 1.54) is 0 Å². The van der Waals surface area contributed by atoms with Gasteiger partial charge in [-0.2, -0.15) is 0 Å². The van der Waals surface area contributed by atoms with E-state index in [-0.39, 0.29) is 11.8 Å². The van der Waals surface area contributed by atoms with Crippen LogP contribution < -0.4 is 10.1 Å². The summed E-state index contributed by atoms with van der Waals surface area (Å²) >= 11 is 0. The van der Waals surface area contributed by atoms with Gasteiger partial charge in [0.2, 0.25) is 5.88 Å². The number of hydrogen-bond acceptors (Lipinski definition) is 6. The molecule has 2 aliphatic rings. The molecule has 8 heteroatoms. The number of halogens is 1. The van der Waals surface area contributed by atoms with Gasteiger partial charge in [-0.05, 0) is 38.0 Å². The fourth-order valence-corrected chi connectivity index (χ4v) is 4.39. The highest BCUT2D eigenvalue weighted by Crippen LogP contribution is 2.39. The van der Waals surface area contributed by atoms with Crippen molar-refractivity contribution in [2.45, 2.75) is 50.0 Å². The number of piperidine rings is 1. The number of benzene rings is 1. The molecule has 3 aromatic rings. The van der Waals surface area contributed by atoms with Crippen LogP contribution in [-0.2, 0) is 0 Å². The maximum Gasteiger partial charge on any atom is 0.233 e. The lowest BCUT2D eigenvalue weighted by Gasteiger charge is -2.39. The van der Waals surface area contributed by atoms with Crippen LogP contribution in [0.3, 0.4) is 0 Å².